The Hall–Kier alpha value is -2.70. The Morgan fingerprint density at radius 2 is 2.00 bits per heavy atom. The zero-order valence-corrected chi connectivity index (χ0v) is 18.5. The predicted molar refractivity (Wildman–Crippen MR) is 114 cm³/mol. The number of sulfonamides is 1. The smallest absolute Gasteiger partial charge is 0.396 e. The topological polar surface area (TPSA) is 123 Å². The summed E-state index contributed by atoms with van der Waals surface area (Å²) in [6.07, 6.45) is 0.0445. The molecule has 12 heteroatoms. The van der Waals surface area contributed by atoms with Gasteiger partial charge in [-0.3, -0.25) is 4.40 Å². The van der Waals surface area contributed by atoms with E-state index in [2.05, 4.69) is 14.7 Å². The van der Waals surface area contributed by atoms with Crippen LogP contribution in [0.15, 0.2) is 35.5 Å². The molecule has 2 bridgehead atoms. The average molecular weight is 482 g/mol. The van der Waals surface area contributed by atoms with Crippen molar-refractivity contribution in [1.82, 2.24) is 19.1 Å². The summed E-state index contributed by atoms with van der Waals surface area (Å²) < 4.78 is 70.1. The van der Waals surface area contributed by atoms with Crippen molar-refractivity contribution in [2.45, 2.75) is 49.2 Å². The van der Waals surface area contributed by atoms with Gasteiger partial charge in [0, 0.05) is 23.9 Å². The molecule has 0 amide bonds. The van der Waals surface area contributed by atoms with Crippen LogP contribution in [0.25, 0.3) is 16.9 Å². The van der Waals surface area contributed by atoms with Gasteiger partial charge in [0.1, 0.15) is 0 Å². The number of nitrogen functional groups attached to an aromatic ring is 1. The summed E-state index contributed by atoms with van der Waals surface area (Å²) in [5.74, 6) is -0.378. The van der Waals surface area contributed by atoms with Crippen molar-refractivity contribution in [3.63, 3.8) is 0 Å². The highest BCUT2D eigenvalue weighted by Gasteiger charge is 2.61. The molecule has 0 aliphatic heterocycles. The van der Waals surface area contributed by atoms with Crippen molar-refractivity contribution in [3.8, 4) is 11.3 Å². The Labute approximate surface area is 187 Å². The summed E-state index contributed by atoms with van der Waals surface area (Å²) in [7, 11) is -3.90. The molecule has 176 valence electrons. The molecule has 33 heavy (non-hydrogen) atoms. The van der Waals surface area contributed by atoms with Gasteiger partial charge in [-0.2, -0.15) is 13.2 Å². The molecule has 0 atom stereocenters. The molecule has 3 fully saturated rings. The fourth-order valence-corrected chi connectivity index (χ4v) is 6.75. The highest BCUT2D eigenvalue weighted by atomic mass is 32.2. The average Bonchev–Trinajstić information content (AvgIpc) is 3.38. The van der Waals surface area contributed by atoms with E-state index in [9.17, 15) is 26.7 Å². The summed E-state index contributed by atoms with van der Waals surface area (Å²) in [6.45, 7) is 1.77. The number of anilines is 1. The van der Waals surface area contributed by atoms with E-state index in [-0.39, 0.29) is 34.1 Å². The third-order valence-electron chi connectivity index (χ3n) is 6.85. The molecule has 3 saturated carbocycles. The van der Waals surface area contributed by atoms with E-state index in [4.69, 9.17) is 5.73 Å². The fourth-order valence-electron chi connectivity index (χ4n) is 5.29. The number of benzene rings is 1. The van der Waals surface area contributed by atoms with Crippen LogP contribution in [0.3, 0.4) is 0 Å². The van der Waals surface area contributed by atoms with Gasteiger partial charge in [-0.1, -0.05) is 6.07 Å². The summed E-state index contributed by atoms with van der Waals surface area (Å²) in [4.78, 5) is 7.47. The van der Waals surface area contributed by atoms with Gasteiger partial charge in [0.2, 0.25) is 10.0 Å². The molecule has 3 aromatic rings. The third-order valence-corrected chi connectivity index (χ3v) is 8.43. The highest BCUT2D eigenvalue weighted by Crippen LogP contribution is 2.61. The van der Waals surface area contributed by atoms with Crippen molar-refractivity contribution >= 4 is 21.5 Å². The van der Waals surface area contributed by atoms with Crippen molar-refractivity contribution in [1.29, 1.82) is 0 Å². The molecule has 8 nitrogen and oxygen atoms in total. The van der Waals surface area contributed by atoms with Crippen LogP contribution in [0, 0.1) is 12.3 Å². The summed E-state index contributed by atoms with van der Waals surface area (Å²) >= 11 is 0. The van der Waals surface area contributed by atoms with Gasteiger partial charge in [0.15, 0.2) is 17.2 Å². The number of halogens is 3. The Morgan fingerprint density at radius 3 is 2.64 bits per heavy atom. The number of nitrogens with zero attached hydrogens (tertiary/aromatic N) is 3. The Balaban J connectivity index is 1.55. The molecular formula is C21H22F3N5O3S. The SMILES string of the molecule is Cc1ccc(S(=O)(=O)NC23CCC(CO)(C2)C3)cc1-c1cnc2c(N)nc(C(F)(F)F)cn12. The number of nitrogens with two attached hydrogens (primary N) is 1. The minimum atomic E-state index is -4.71. The van der Waals surface area contributed by atoms with Crippen LogP contribution in [0.5, 0.6) is 0 Å². The highest BCUT2D eigenvalue weighted by molar-refractivity contribution is 7.89. The third kappa shape index (κ3) is 3.47. The lowest BCUT2D eigenvalue weighted by Crippen LogP contribution is -2.56. The van der Waals surface area contributed by atoms with Crippen LogP contribution in [-0.4, -0.2) is 40.0 Å². The van der Waals surface area contributed by atoms with Gasteiger partial charge in [0.05, 0.1) is 16.8 Å². The molecule has 2 aromatic heterocycles. The largest absolute Gasteiger partial charge is 0.434 e. The standard InChI is InChI=1S/C21H22F3N5O3S/c1-12-2-3-13(33(31,32)28-20-5-4-19(9-20,10-20)11-30)6-14(12)15-7-26-18-17(25)27-16(8-29(15)18)21(22,23)24/h2-3,6-8,28,30H,4-5,9-11H2,1H3,(H2,25,27). The minimum Gasteiger partial charge on any atom is -0.396 e. The number of alkyl halides is 3. The zero-order valence-electron chi connectivity index (χ0n) is 17.6. The maximum Gasteiger partial charge on any atom is 0.434 e. The number of aliphatic hydroxyl groups excluding tert-OH is 1. The second-order valence-corrected chi connectivity index (χ2v) is 10.9. The van der Waals surface area contributed by atoms with Crippen LogP contribution >= 0.6 is 0 Å². The van der Waals surface area contributed by atoms with Gasteiger partial charge in [-0.25, -0.2) is 23.1 Å². The molecule has 0 radical (unpaired) electrons. The van der Waals surface area contributed by atoms with Crippen LogP contribution < -0.4 is 10.5 Å². The van der Waals surface area contributed by atoms with Gasteiger partial charge in [-0.15, -0.1) is 0 Å². The Bertz CT molecular complexity index is 1380. The molecule has 0 saturated heterocycles. The summed E-state index contributed by atoms with van der Waals surface area (Å²) in [6, 6.07) is 4.49. The molecule has 3 aliphatic rings. The number of aryl methyl sites for hydroxylation is 1. The molecule has 6 rings (SSSR count). The molecule has 0 spiro atoms. The molecule has 4 N–H and O–H groups in total. The normalized spacial score (nSPS) is 24.9. The minimum absolute atomic E-state index is 0.00102. The number of aromatic nitrogens is 3. The number of hydrogen-bond donors (Lipinski definition) is 3. The molecule has 3 aliphatic carbocycles. The van der Waals surface area contributed by atoms with Crippen LogP contribution in [0.1, 0.15) is 36.9 Å². The maximum absolute atomic E-state index is 13.3. The first-order valence-corrected chi connectivity index (χ1v) is 11.8. The first-order valence-electron chi connectivity index (χ1n) is 10.3. The van der Waals surface area contributed by atoms with E-state index in [0.717, 1.165) is 12.6 Å². The fraction of sp³-hybridized carbons (Fsp3) is 0.429. The second kappa shape index (κ2) is 6.90. The van der Waals surface area contributed by atoms with E-state index < -0.39 is 27.4 Å². The number of imidazole rings is 1. The lowest BCUT2D eigenvalue weighted by molar-refractivity contribution is -0.141. The van der Waals surface area contributed by atoms with Crippen molar-refractivity contribution in [2.24, 2.45) is 5.41 Å². The van der Waals surface area contributed by atoms with E-state index >= 15 is 0 Å². The number of hydrogen-bond acceptors (Lipinski definition) is 6. The molecular weight excluding hydrogens is 459 g/mol. The zero-order chi connectivity index (χ0) is 23.8. The number of aliphatic hydroxyl groups is 1. The van der Waals surface area contributed by atoms with Gasteiger partial charge in [-0.05, 0) is 55.7 Å². The monoisotopic (exact) mass is 481 g/mol. The van der Waals surface area contributed by atoms with E-state index in [1.807, 2.05) is 0 Å². The van der Waals surface area contributed by atoms with Gasteiger partial charge in [0.25, 0.3) is 0 Å². The van der Waals surface area contributed by atoms with E-state index in [0.29, 0.717) is 30.4 Å². The first-order chi connectivity index (χ1) is 15.4. The van der Waals surface area contributed by atoms with Crippen LogP contribution in [-0.2, 0) is 16.2 Å². The van der Waals surface area contributed by atoms with Crippen LogP contribution in [0.2, 0.25) is 0 Å². The lowest BCUT2D eigenvalue weighted by Gasteiger charge is -2.46. The number of nitrogens with one attached hydrogen (secondary N) is 1. The molecule has 2 heterocycles. The molecule has 0 unspecified atom stereocenters. The number of rotatable bonds is 5. The number of fused-ring (bicyclic) bond motifs is 2. The first kappa shape index (κ1) is 22.1. The van der Waals surface area contributed by atoms with Crippen molar-refractivity contribution in [3.05, 3.63) is 41.9 Å². The van der Waals surface area contributed by atoms with Gasteiger partial charge < -0.3 is 10.8 Å². The Kier molecular flexibility index (Phi) is 4.63. The summed E-state index contributed by atoms with van der Waals surface area (Å²) in [5, 5.41) is 9.57. The van der Waals surface area contributed by atoms with Crippen LogP contribution in [0.4, 0.5) is 19.0 Å². The van der Waals surface area contributed by atoms with E-state index in [1.54, 1.807) is 13.0 Å². The summed E-state index contributed by atoms with van der Waals surface area (Å²) in [5.41, 5.74) is 5.15. The van der Waals surface area contributed by atoms with Crippen molar-refractivity contribution < 1.29 is 26.7 Å². The Morgan fingerprint density at radius 1 is 1.27 bits per heavy atom. The van der Waals surface area contributed by atoms with Crippen molar-refractivity contribution in [2.75, 3.05) is 12.3 Å². The van der Waals surface area contributed by atoms with Gasteiger partial charge >= 0.3 is 6.18 Å². The second-order valence-electron chi connectivity index (χ2n) is 9.22. The lowest BCUT2D eigenvalue weighted by atomic mass is 9.66. The quantitative estimate of drug-likeness (QED) is 0.515. The predicted octanol–water partition coefficient (Wildman–Crippen LogP) is 2.89. The molecule has 1 aromatic carbocycles. The van der Waals surface area contributed by atoms with E-state index in [1.165, 1.54) is 22.7 Å². The maximum atomic E-state index is 13.3.